The number of hydrogen-bond acceptors (Lipinski definition) is 5. The standard InChI is InChI=1S/C20H14BrN5OS/c1-11-17(18(26-20(27)24-11)14-6-7-16(21)23-9-14)19-25-15(10-28-19)13-4-2-12(8-22)3-5-13/h2-7,9-10,17-18H,1H3,(H,26,27). The van der Waals surface area contributed by atoms with Gasteiger partial charge in [-0.25, -0.2) is 19.8 Å². The van der Waals surface area contributed by atoms with Gasteiger partial charge in [0, 0.05) is 22.9 Å². The number of aromatic nitrogens is 2. The molecule has 6 nitrogen and oxygen atoms in total. The molecule has 3 heterocycles. The molecule has 0 radical (unpaired) electrons. The summed E-state index contributed by atoms with van der Waals surface area (Å²) in [5.74, 6) is -0.169. The van der Waals surface area contributed by atoms with E-state index in [0.717, 1.165) is 32.1 Å². The number of halogens is 1. The first-order valence-electron chi connectivity index (χ1n) is 8.48. The minimum absolute atomic E-state index is 0.169. The average molecular weight is 452 g/mol. The van der Waals surface area contributed by atoms with Gasteiger partial charge in [0.2, 0.25) is 0 Å². The third-order valence-corrected chi connectivity index (χ3v) is 5.94. The van der Waals surface area contributed by atoms with Crippen LogP contribution in [0.5, 0.6) is 0 Å². The molecule has 0 fully saturated rings. The van der Waals surface area contributed by atoms with Crippen molar-refractivity contribution in [3.8, 4) is 17.3 Å². The van der Waals surface area contributed by atoms with E-state index in [1.54, 1.807) is 18.3 Å². The lowest BCUT2D eigenvalue weighted by molar-refractivity contribution is 0.243. The van der Waals surface area contributed by atoms with Crippen LogP contribution in [-0.2, 0) is 0 Å². The highest BCUT2D eigenvalue weighted by Gasteiger charge is 2.35. The minimum atomic E-state index is -0.356. The first kappa shape index (κ1) is 18.5. The van der Waals surface area contributed by atoms with Gasteiger partial charge in [0.05, 0.1) is 29.3 Å². The van der Waals surface area contributed by atoms with Gasteiger partial charge in [0.15, 0.2) is 0 Å². The van der Waals surface area contributed by atoms with Gasteiger partial charge in [-0.1, -0.05) is 18.2 Å². The first-order valence-corrected chi connectivity index (χ1v) is 10.2. The van der Waals surface area contributed by atoms with Crippen molar-refractivity contribution in [2.75, 3.05) is 0 Å². The fourth-order valence-electron chi connectivity index (χ4n) is 3.17. The fraction of sp³-hybridized carbons (Fsp3) is 0.150. The van der Waals surface area contributed by atoms with Gasteiger partial charge >= 0.3 is 6.03 Å². The molecule has 1 N–H and O–H groups in total. The van der Waals surface area contributed by atoms with Crippen molar-refractivity contribution in [2.24, 2.45) is 4.99 Å². The van der Waals surface area contributed by atoms with E-state index < -0.39 is 0 Å². The quantitative estimate of drug-likeness (QED) is 0.576. The van der Waals surface area contributed by atoms with E-state index in [1.807, 2.05) is 36.6 Å². The van der Waals surface area contributed by atoms with Crippen molar-refractivity contribution in [1.82, 2.24) is 15.3 Å². The van der Waals surface area contributed by atoms with E-state index >= 15 is 0 Å². The van der Waals surface area contributed by atoms with E-state index in [4.69, 9.17) is 10.2 Å². The van der Waals surface area contributed by atoms with E-state index in [9.17, 15) is 4.79 Å². The molecule has 2 aromatic heterocycles. The van der Waals surface area contributed by atoms with Crippen molar-refractivity contribution in [3.63, 3.8) is 0 Å². The number of aliphatic imine (C=N–C) groups is 1. The summed E-state index contributed by atoms with van der Waals surface area (Å²) < 4.78 is 0.734. The molecule has 8 heteroatoms. The monoisotopic (exact) mass is 451 g/mol. The Balaban J connectivity index is 1.71. The molecule has 3 aromatic rings. The maximum absolute atomic E-state index is 12.0. The lowest BCUT2D eigenvalue weighted by Crippen LogP contribution is -2.38. The second-order valence-corrected chi connectivity index (χ2v) is 8.03. The summed E-state index contributed by atoms with van der Waals surface area (Å²) in [6, 6.07) is 12.6. The Kier molecular flexibility index (Phi) is 5.03. The molecule has 0 bridgehead atoms. The number of nitriles is 1. The Morgan fingerprint density at radius 3 is 2.68 bits per heavy atom. The second-order valence-electron chi connectivity index (χ2n) is 6.33. The van der Waals surface area contributed by atoms with Crippen molar-refractivity contribution < 1.29 is 4.79 Å². The van der Waals surface area contributed by atoms with Crippen LogP contribution in [0.1, 0.15) is 35.0 Å². The van der Waals surface area contributed by atoms with Crippen molar-refractivity contribution in [3.05, 3.63) is 68.7 Å². The van der Waals surface area contributed by atoms with Crippen LogP contribution in [0.2, 0.25) is 0 Å². The zero-order chi connectivity index (χ0) is 19.7. The molecule has 2 unspecified atom stereocenters. The van der Waals surface area contributed by atoms with Crippen LogP contribution in [0.25, 0.3) is 11.3 Å². The van der Waals surface area contributed by atoms with Crippen LogP contribution in [0.4, 0.5) is 4.79 Å². The summed E-state index contributed by atoms with van der Waals surface area (Å²) in [7, 11) is 0. The summed E-state index contributed by atoms with van der Waals surface area (Å²) in [5, 5.41) is 14.8. The van der Waals surface area contributed by atoms with Crippen molar-refractivity contribution in [2.45, 2.75) is 18.9 Å². The third-order valence-electron chi connectivity index (χ3n) is 4.55. The van der Waals surface area contributed by atoms with E-state index in [0.29, 0.717) is 5.56 Å². The summed E-state index contributed by atoms with van der Waals surface area (Å²) in [5.41, 5.74) is 4.00. The Morgan fingerprint density at radius 1 is 1.21 bits per heavy atom. The van der Waals surface area contributed by atoms with Gasteiger partial charge in [-0.2, -0.15) is 5.26 Å². The number of urea groups is 1. The van der Waals surface area contributed by atoms with Gasteiger partial charge in [0.1, 0.15) is 9.61 Å². The van der Waals surface area contributed by atoms with Crippen LogP contribution < -0.4 is 5.32 Å². The number of benzene rings is 1. The van der Waals surface area contributed by atoms with Gasteiger partial charge in [0.25, 0.3) is 0 Å². The number of rotatable bonds is 3. The molecule has 1 aliphatic heterocycles. The van der Waals surface area contributed by atoms with Crippen LogP contribution in [0.15, 0.2) is 57.6 Å². The molecule has 0 spiro atoms. The maximum Gasteiger partial charge on any atom is 0.341 e. The molecule has 28 heavy (non-hydrogen) atoms. The number of hydrogen-bond donors (Lipinski definition) is 1. The van der Waals surface area contributed by atoms with Gasteiger partial charge in [-0.3, -0.25) is 0 Å². The average Bonchev–Trinajstić information content (AvgIpc) is 3.17. The molecule has 0 saturated heterocycles. The number of nitrogens with zero attached hydrogens (tertiary/aromatic N) is 4. The molecule has 1 aliphatic rings. The first-order chi connectivity index (χ1) is 13.5. The number of carbonyl (C=O) groups excluding carboxylic acids is 1. The molecule has 138 valence electrons. The summed E-state index contributed by atoms with van der Waals surface area (Å²) >= 11 is 4.87. The third kappa shape index (κ3) is 3.59. The highest BCUT2D eigenvalue weighted by atomic mass is 79.9. The maximum atomic E-state index is 12.0. The van der Waals surface area contributed by atoms with E-state index in [1.165, 1.54) is 11.3 Å². The van der Waals surface area contributed by atoms with E-state index in [-0.39, 0.29) is 18.0 Å². The van der Waals surface area contributed by atoms with Gasteiger partial charge in [-0.05, 0) is 46.6 Å². The van der Waals surface area contributed by atoms with Crippen LogP contribution in [0.3, 0.4) is 0 Å². The minimum Gasteiger partial charge on any atom is -0.328 e. The van der Waals surface area contributed by atoms with Crippen LogP contribution >= 0.6 is 27.3 Å². The number of thiazole rings is 1. The molecular formula is C20H14BrN5OS. The molecular weight excluding hydrogens is 438 g/mol. The summed E-state index contributed by atoms with van der Waals surface area (Å²) in [6.07, 6.45) is 1.75. The lowest BCUT2D eigenvalue weighted by atomic mass is 9.89. The Labute approximate surface area is 174 Å². The number of carbonyl (C=O) groups is 1. The number of amides is 2. The predicted molar refractivity (Wildman–Crippen MR) is 111 cm³/mol. The Hall–Kier alpha value is -2.89. The predicted octanol–water partition coefficient (Wildman–Crippen LogP) is 4.85. The Morgan fingerprint density at radius 2 is 2.00 bits per heavy atom. The summed E-state index contributed by atoms with van der Waals surface area (Å²) in [6.45, 7) is 1.85. The highest BCUT2D eigenvalue weighted by Crippen LogP contribution is 2.37. The van der Waals surface area contributed by atoms with Gasteiger partial charge < -0.3 is 5.32 Å². The molecule has 1 aromatic carbocycles. The zero-order valence-corrected chi connectivity index (χ0v) is 17.2. The fourth-order valence-corrected chi connectivity index (χ4v) is 4.43. The molecule has 0 aliphatic carbocycles. The van der Waals surface area contributed by atoms with Crippen LogP contribution in [0, 0.1) is 11.3 Å². The molecule has 2 atom stereocenters. The summed E-state index contributed by atoms with van der Waals surface area (Å²) in [4.78, 5) is 25.2. The molecule has 2 amide bonds. The number of pyridine rings is 1. The normalized spacial score (nSPS) is 18.9. The number of nitrogens with one attached hydrogen (secondary N) is 1. The van der Waals surface area contributed by atoms with E-state index in [2.05, 4.69) is 37.3 Å². The topological polar surface area (TPSA) is 91.0 Å². The van der Waals surface area contributed by atoms with Gasteiger partial charge in [-0.15, -0.1) is 11.3 Å². The Bertz CT molecular complexity index is 1100. The zero-order valence-electron chi connectivity index (χ0n) is 14.8. The lowest BCUT2D eigenvalue weighted by Gasteiger charge is -2.29. The largest absolute Gasteiger partial charge is 0.341 e. The van der Waals surface area contributed by atoms with Crippen LogP contribution in [-0.4, -0.2) is 21.7 Å². The SMILES string of the molecule is CC1=NC(=O)NC(c2ccc(Br)nc2)C1c1nc(-c2ccc(C#N)cc2)cs1. The van der Waals surface area contributed by atoms with Crippen molar-refractivity contribution >= 4 is 39.0 Å². The molecule has 4 rings (SSSR count). The van der Waals surface area contributed by atoms with Crippen molar-refractivity contribution in [1.29, 1.82) is 5.26 Å². The molecule has 0 saturated carbocycles. The highest BCUT2D eigenvalue weighted by molar-refractivity contribution is 9.10. The second kappa shape index (κ2) is 7.62. The smallest absolute Gasteiger partial charge is 0.328 e.